The molecular formula is C19H22N4O2. The predicted octanol–water partition coefficient (Wildman–Crippen LogP) is 2.64. The Hall–Kier alpha value is -2.60. The van der Waals surface area contributed by atoms with Crippen molar-refractivity contribution in [3.05, 3.63) is 54.0 Å². The van der Waals surface area contributed by atoms with Crippen LogP contribution in [0.15, 0.2) is 42.7 Å². The first-order chi connectivity index (χ1) is 12.0. The van der Waals surface area contributed by atoms with Gasteiger partial charge in [-0.05, 0) is 57.6 Å². The number of aromatic nitrogens is 2. The summed E-state index contributed by atoms with van der Waals surface area (Å²) < 4.78 is 0. The number of nitrogens with one attached hydrogen (secondary N) is 1. The Morgan fingerprint density at radius 2 is 1.96 bits per heavy atom. The summed E-state index contributed by atoms with van der Waals surface area (Å²) in [5.74, 6) is 0.158. The minimum atomic E-state index is -0.271. The van der Waals surface area contributed by atoms with Gasteiger partial charge in [0.2, 0.25) is 0 Å². The maximum Gasteiger partial charge on any atom is 0.256 e. The van der Waals surface area contributed by atoms with Crippen molar-refractivity contribution < 1.29 is 9.59 Å². The van der Waals surface area contributed by atoms with Crippen molar-refractivity contribution >= 4 is 17.5 Å². The lowest BCUT2D eigenvalue weighted by Crippen LogP contribution is -2.40. The summed E-state index contributed by atoms with van der Waals surface area (Å²) in [6, 6.07) is 8.80. The lowest BCUT2D eigenvalue weighted by molar-refractivity contribution is 0.0795. The van der Waals surface area contributed by atoms with Gasteiger partial charge in [-0.25, -0.2) is 4.98 Å². The number of ketones is 1. The molecule has 130 valence electrons. The van der Waals surface area contributed by atoms with Crippen molar-refractivity contribution in [1.29, 1.82) is 0 Å². The van der Waals surface area contributed by atoms with Gasteiger partial charge in [-0.2, -0.15) is 0 Å². The minimum Gasteiger partial charge on any atom is -0.307 e. The Kier molecular flexibility index (Phi) is 5.19. The van der Waals surface area contributed by atoms with Gasteiger partial charge in [0.05, 0.1) is 0 Å². The molecule has 0 aromatic carbocycles. The van der Waals surface area contributed by atoms with Gasteiger partial charge in [0.1, 0.15) is 11.5 Å². The van der Waals surface area contributed by atoms with E-state index in [4.69, 9.17) is 0 Å². The van der Waals surface area contributed by atoms with E-state index in [0.717, 1.165) is 19.4 Å². The third-order valence-electron chi connectivity index (χ3n) is 4.76. The van der Waals surface area contributed by atoms with Gasteiger partial charge >= 0.3 is 0 Å². The SMILES string of the molecule is C[C@@H]1CC(C(=O)c2cccc(NC(=O)c3ccncc3)n2)CCN1C. The summed E-state index contributed by atoms with van der Waals surface area (Å²) in [6.45, 7) is 3.05. The van der Waals surface area contributed by atoms with Crippen LogP contribution < -0.4 is 5.32 Å². The molecule has 0 saturated carbocycles. The van der Waals surface area contributed by atoms with Crippen LogP contribution in [0, 0.1) is 5.92 Å². The Morgan fingerprint density at radius 3 is 2.68 bits per heavy atom. The number of hydrogen-bond acceptors (Lipinski definition) is 5. The van der Waals surface area contributed by atoms with Gasteiger partial charge in [0.15, 0.2) is 5.78 Å². The molecule has 2 aromatic rings. The highest BCUT2D eigenvalue weighted by molar-refractivity contribution is 6.04. The van der Waals surface area contributed by atoms with E-state index in [0.29, 0.717) is 23.1 Å². The number of hydrogen-bond donors (Lipinski definition) is 1. The molecule has 0 radical (unpaired) electrons. The maximum absolute atomic E-state index is 12.8. The van der Waals surface area contributed by atoms with E-state index in [1.165, 1.54) is 0 Å². The number of piperidine rings is 1. The van der Waals surface area contributed by atoms with Crippen LogP contribution in [0.3, 0.4) is 0 Å². The lowest BCUT2D eigenvalue weighted by Gasteiger charge is -2.34. The number of rotatable bonds is 4. The number of carbonyl (C=O) groups is 2. The smallest absolute Gasteiger partial charge is 0.256 e. The Labute approximate surface area is 147 Å². The first-order valence-electron chi connectivity index (χ1n) is 8.47. The molecule has 1 aliphatic heterocycles. The van der Waals surface area contributed by atoms with E-state index in [2.05, 4.69) is 34.2 Å². The molecule has 3 rings (SSSR count). The Morgan fingerprint density at radius 1 is 1.20 bits per heavy atom. The standard InChI is InChI=1S/C19H22N4O2/c1-13-12-15(8-11-23(13)2)18(24)16-4-3-5-17(21-16)22-19(25)14-6-9-20-10-7-14/h3-7,9-10,13,15H,8,11-12H2,1-2H3,(H,21,22,25)/t13-,15?/m1/s1. The Bertz CT molecular complexity index is 763. The van der Waals surface area contributed by atoms with Crippen molar-refractivity contribution in [3.8, 4) is 0 Å². The summed E-state index contributed by atoms with van der Waals surface area (Å²) in [7, 11) is 2.08. The fourth-order valence-electron chi connectivity index (χ4n) is 3.07. The molecular weight excluding hydrogens is 316 g/mol. The van der Waals surface area contributed by atoms with E-state index in [1.807, 2.05) is 0 Å². The van der Waals surface area contributed by atoms with Gasteiger partial charge < -0.3 is 10.2 Å². The molecule has 0 aliphatic carbocycles. The Balaban J connectivity index is 1.71. The van der Waals surface area contributed by atoms with Gasteiger partial charge in [-0.3, -0.25) is 14.6 Å². The average molecular weight is 338 g/mol. The summed E-state index contributed by atoms with van der Waals surface area (Å²) >= 11 is 0. The molecule has 1 unspecified atom stereocenters. The average Bonchev–Trinajstić information content (AvgIpc) is 2.64. The van der Waals surface area contributed by atoms with Crippen LogP contribution in [-0.4, -0.2) is 46.2 Å². The van der Waals surface area contributed by atoms with Gasteiger partial charge in [0, 0.05) is 29.9 Å². The molecule has 0 spiro atoms. The van der Waals surface area contributed by atoms with Crippen LogP contribution in [0.1, 0.15) is 40.6 Å². The second-order valence-electron chi connectivity index (χ2n) is 6.51. The molecule has 2 aromatic heterocycles. The highest BCUT2D eigenvalue weighted by Crippen LogP contribution is 2.25. The van der Waals surface area contributed by atoms with Gasteiger partial charge in [-0.15, -0.1) is 0 Å². The van der Waals surface area contributed by atoms with Crippen LogP contribution in [0.4, 0.5) is 5.82 Å². The minimum absolute atomic E-state index is 0.00940. The number of nitrogens with zero attached hydrogens (tertiary/aromatic N) is 3. The second-order valence-corrected chi connectivity index (χ2v) is 6.51. The number of amides is 1. The number of carbonyl (C=O) groups excluding carboxylic acids is 2. The first kappa shape index (κ1) is 17.2. The molecule has 1 saturated heterocycles. The fraction of sp³-hybridized carbons (Fsp3) is 0.368. The molecule has 25 heavy (non-hydrogen) atoms. The van der Waals surface area contributed by atoms with Crippen molar-refractivity contribution in [1.82, 2.24) is 14.9 Å². The first-order valence-corrected chi connectivity index (χ1v) is 8.47. The van der Waals surface area contributed by atoms with Crippen molar-refractivity contribution in [2.45, 2.75) is 25.8 Å². The van der Waals surface area contributed by atoms with Crippen LogP contribution in [0.25, 0.3) is 0 Å². The van der Waals surface area contributed by atoms with E-state index in [1.54, 1.807) is 42.7 Å². The third kappa shape index (κ3) is 4.09. The quantitative estimate of drug-likeness (QED) is 0.868. The number of Topliss-reactive ketones (excluding diaryl/α,β-unsaturated/α-hetero) is 1. The molecule has 1 amide bonds. The molecule has 1 fully saturated rings. The van der Waals surface area contributed by atoms with E-state index >= 15 is 0 Å². The van der Waals surface area contributed by atoms with Gasteiger partial charge in [-0.1, -0.05) is 6.07 Å². The fourth-order valence-corrected chi connectivity index (χ4v) is 3.07. The van der Waals surface area contributed by atoms with Gasteiger partial charge in [0.25, 0.3) is 5.91 Å². The van der Waals surface area contributed by atoms with Crippen LogP contribution in [0.2, 0.25) is 0 Å². The molecule has 0 bridgehead atoms. The summed E-state index contributed by atoms with van der Waals surface area (Å²) in [6.07, 6.45) is 4.80. The zero-order chi connectivity index (χ0) is 17.8. The molecule has 1 aliphatic rings. The molecule has 6 heteroatoms. The molecule has 1 N–H and O–H groups in total. The monoisotopic (exact) mass is 338 g/mol. The molecule has 6 nitrogen and oxygen atoms in total. The summed E-state index contributed by atoms with van der Waals surface area (Å²) in [4.78, 5) is 35.5. The van der Waals surface area contributed by atoms with Crippen LogP contribution in [0.5, 0.6) is 0 Å². The molecule has 2 atom stereocenters. The number of pyridine rings is 2. The maximum atomic E-state index is 12.8. The van der Waals surface area contributed by atoms with E-state index < -0.39 is 0 Å². The predicted molar refractivity (Wildman–Crippen MR) is 95.6 cm³/mol. The zero-order valence-electron chi connectivity index (χ0n) is 14.5. The highest BCUT2D eigenvalue weighted by atomic mass is 16.1. The lowest BCUT2D eigenvalue weighted by atomic mass is 9.87. The van der Waals surface area contributed by atoms with Crippen LogP contribution in [-0.2, 0) is 0 Å². The van der Waals surface area contributed by atoms with Crippen molar-refractivity contribution in [2.24, 2.45) is 5.92 Å². The van der Waals surface area contributed by atoms with E-state index in [-0.39, 0.29) is 17.6 Å². The second kappa shape index (κ2) is 7.53. The molecule has 3 heterocycles. The largest absolute Gasteiger partial charge is 0.307 e. The normalized spacial score (nSPS) is 20.9. The number of likely N-dealkylation sites (tertiary alicyclic amines) is 1. The third-order valence-corrected chi connectivity index (χ3v) is 4.76. The number of anilines is 1. The summed E-state index contributed by atoms with van der Waals surface area (Å²) in [5, 5.41) is 2.73. The van der Waals surface area contributed by atoms with Crippen molar-refractivity contribution in [3.63, 3.8) is 0 Å². The van der Waals surface area contributed by atoms with E-state index in [9.17, 15) is 9.59 Å². The topological polar surface area (TPSA) is 75.2 Å². The zero-order valence-corrected chi connectivity index (χ0v) is 14.5. The summed E-state index contributed by atoms with van der Waals surface area (Å²) in [5.41, 5.74) is 0.909. The van der Waals surface area contributed by atoms with Crippen LogP contribution >= 0.6 is 0 Å². The highest BCUT2D eigenvalue weighted by Gasteiger charge is 2.29. The van der Waals surface area contributed by atoms with Crippen molar-refractivity contribution in [2.75, 3.05) is 18.9 Å².